The summed E-state index contributed by atoms with van der Waals surface area (Å²) in [6.45, 7) is 0.425. The van der Waals surface area contributed by atoms with Crippen molar-refractivity contribution in [2.45, 2.75) is 17.6 Å². The third-order valence-electron chi connectivity index (χ3n) is 3.60. The van der Waals surface area contributed by atoms with Crippen molar-refractivity contribution >= 4 is 23.4 Å². The molecule has 8 heteroatoms. The molecule has 0 unspecified atom stereocenters. The van der Waals surface area contributed by atoms with Crippen LogP contribution in [0.5, 0.6) is 0 Å². The summed E-state index contributed by atoms with van der Waals surface area (Å²) < 4.78 is 37.8. The van der Waals surface area contributed by atoms with Crippen molar-refractivity contribution in [2.24, 2.45) is 0 Å². The monoisotopic (exact) mass is 393 g/mol. The maximum Gasteiger partial charge on any atom is 0.416 e. The Morgan fingerprint density at radius 1 is 1.19 bits per heavy atom. The van der Waals surface area contributed by atoms with Crippen molar-refractivity contribution in [1.82, 2.24) is 4.90 Å². The van der Waals surface area contributed by atoms with Crippen LogP contribution in [0.15, 0.2) is 53.4 Å². The minimum absolute atomic E-state index is 0.0816. The molecule has 0 saturated carbocycles. The van der Waals surface area contributed by atoms with E-state index < -0.39 is 11.7 Å². The Bertz CT molecular complexity index is 816. The highest BCUT2D eigenvalue weighted by atomic mass is 32.2. The van der Waals surface area contributed by atoms with Gasteiger partial charge in [0.15, 0.2) is 0 Å². The molecule has 2 aromatic carbocycles. The van der Waals surface area contributed by atoms with E-state index in [0.29, 0.717) is 17.8 Å². The summed E-state index contributed by atoms with van der Waals surface area (Å²) in [5.41, 5.74) is 0.618. The summed E-state index contributed by atoms with van der Waals surface area (Å²) in [6, 6.07) is 14.1. The quantitative estimate of drug-likeness (QED) is 0.709. The Labute approximate surface area is 160 Å². The predicted molar refractivity (Wildman–Crippen MR) is 99.2 cm³/mol. The first kappa shape index (κ1) is 20.8. The van der Waals surface area contributed by atoms with Crippen LogP contribution in [0, 0.1) is 11.3 Å². The van der Waals surface area contributed by atoms with Gasteiger partial charge in [0.1, 0.15) is 0 Å². The molecule has 1 amide bonds. The standard InChI is InChI=1S/C19H18F3N3OS/c1-25(12-14-6-8-15(9-7-14)19(20,21)22)13-18(26)24-16-4-2-3-5-17(16)27-11-10-23/h2-9H,11-13H2,1H3,(H,24,26). The van der Waals surface area contributed by atoms with Crippen LogP contribution >= 0.6 is 11.8 Å². The third kappa shape index (κ3) is 6.62. The van der Waals surface area contributed by atoms with Crippen LogP contribution in [0.3, 0.4) is 0 Å². The molecule has 0 heterocycles. The van der Waals surface area contributed by atoms with E-state index in [1.807, 2.05) is 18.2 Å². The van der Waals surface area contributed by atoms with Gasteiger partial charge < -0.3 is 5.32 Å². The van der Waals surface area contributed by atoms with Gasteiger partial charge in [-0.1, -0.05) is 24.3 Å². The van der Waals surface area contributed by atoms with Crippen molar-refractivity contribution < 1.29 is 18.0 Å². The Morgan fingerprint density at radius 2 is 1.85 bits per heavy atom. The smallest absolute Gasteiger partial charge is 0.324 e. The number of para-hydroxylation sites is 1. The maximum atomic E-state index is 12.6. The number of hydrogen-bond donors (Lipinski definition) is 1. The van der Waals surface area contributed by atoms with E-state index in [-0.39, 0.29) is 18.2 Å². The van der Waals surface area contributed by atoms with Crippen LogP contribution in [0.25, 0.3) is 0 Å². The van der Waals surface area contributed by atoms with E-state index in [4.69, 9.17) is 5.26 Å². The van der Waals surface area contributed by atoms with Crippen molar-refractivity contribution in [3.63, 3.8) is 0 Å². The molecule has 0 fully saturated rings. The van der Waals surface area contributed by atoms with Crippen molar-refractivity contribution in [2.75, 3.05) is 24.7 Å². The second kappa shape index (κ2) is 9.44. The molecule has 142 valence electrons. The Kier molecular flexibility index (Phi) is 7.28. The van der Waals surface area contributed by atoms with Crippen LogP contribution < -0.4 is 5.32 Å². The van der Waals surface area contributed by atoms with Gasteiger partial charge in [-0.2, -0.15) is 18.4 Å². The van der Waals surface area contributed by atoms with Crippen LogP contribution in [0.1, 0.15) is 11.1 Å². The lowest BCUT2D eigenvalue weighted by molar-refractivity contribution is -0.137. The number of nitriles is 1. The number of thioether (sulfide) groups is 1. The zero-order chi connectivity index (χ0) is 19.9. The molecule has 0 radical (unpaired) electrons. The van der Waals surface area contributed by atoms with Crippen molar-refractivity contribution in [3.8, 4) is 6.07 Å². The van der Waals surface area contributed by atoms with Gasteiger partial charge in [-0.25, -0.2) is 0 Å². The number of carbonyl (C=O) groups excluding carboxylic acids is 1. The SMILES string of the molecule is CN(CC(=O)Nc1ccccc1SCC#N)Cc1ccc(C(F)(F)F)cc1. The molecule has 27 heavy (non-hydrogen) atoms. The number of benzene rings is 2. The minimum atomic E-state index is -4.36. The highest BCUT2D eigenvalue weighted by Crippen LogP contribution is 2.29. The van der Waals surface area contributed by atoms with Gasteiger partial charge in [0.05, 0.1) is 29.6 Å². The van der Waals surface area contributed by atoms with Gasteiger partial charge >= 0.3 is 6.18 Å². The summed E-state index contributed by atoms with van der Waals surface area (Å²) in [4.78, 5) is 14.8. The second-order valence-corrected chi connectivity index (χ2v) is 6.88. The average molecular weight is 393 g/mol. The molecule has 0 aromatic heterocycles. The van der Waals surface area contributed by atoms with Gasteiger partial charge in [0, 0.05) is 11.4 Å². The van der Waals surface area contributed by atoms with E-state index in [1.54, 1.807) is 24.1 Å². The van der Waals surface area contributed by atoms with E-state index >= 15 is 0 Å². The second-order valence-electron chi connectivity index (χ2n) is 5.86. The van der Waals surface area contributed by atoms with Crippen molar-refractivity contribution in [1.29, 1.82) is 5.26 Å². The fraction of sp³-hybridized carbons (Fsp3) is 0.263. The summed E-state index contributed by atoms with van der Waals surface area (Å²) >= 11 is 1.33. The normalized spacial score (nSPS) is 11.3. The van der Waals surface area contributed by atoms with Gasteiger partial charge in [-0.05, 0) is 36.9 Å². The summed E-state index contributed by atoms with van der Waals surface area (Å²) in [7, 11) is 1.72. The molecular weight excluding hydrogens is 375 g/mol. The van der Waals surface area contributed by atoms with Gasteiger partial charge in [-0.3, -0.25) is 9.69 Å². The van der Waals surface area contributed by atoms with Gasteiger partial charge in [-0.15, -0.1) is 11.8 Å². The first-order chi connectivity index (χ1) is 12.8. The predicted octanol–water partition coefficient (Wildman–Crippen LogP) is 4.39. The molecular formula is C19H18F3N3OS. The molecule has 0 saturated heterocycles. The summed E-state index contributed by atoms with van der Waals surface area (Å²) in [5.74, 6) is 0.0372. The number of hydrogen-bond acceptors (Lipinski definition) is 4. The highest BCUT2D eigenvalue weighted by molar-refractivity contribution is 7.99. The largest absolute Gasteiger partial charge is 0.416 e. The lowest BCUT2D eigenvalue weighted by atomic mass is 10.1. The molecule has 0 bridgehead atoms. The lowest BCUT2D eigenvalue weighted by Gasteiger charge is -2.17. The number of halogens is 3. The number of nitrogens with zero attached hydrogens (tertiary/aromatic N) is 2. The zero-order valence-electron chi connectivity index (χ0n) is 14.6. The fourth-order valence-corrected chi connectivity index (χ4v) is 3.08. The number of alkyl halides is 3. The van der Waals surface area contributed by atoms with Crippen LogP contribution in [-0.4, -0.2) is 30.2 Å². The van der Waals surface area contributed by atoms with Crippen LogP contribution in [0.2, 0.25) is 0 Å². The van der Waals surface area contributed by atoms with E-state index in [1.165, 1.54) is 23.9 Å². The fourth-order valence-electron chi connectivity index (χ4n) is 2.41. The number of amides is 1. The maximum absolute atomic E-state index is 12.6. The summed E-state index contributed by atoms with van der Waals surface area (Å²) in [6.07, 6.45) is -4.36. The molecule has 0 aliphatic carbocycles. The van der Waals surface area contributed by atoms with Gasteiger partial charge in [0.25, 0.3) is 0 Å². The molecule has 2 rings (SSSR count). The number of nitrogens with one attached hydrogen (secondary N) is 1. The molecule has 0 spiro atoms. The van der Waals surface area contributed by atoms with Gasteiger partial charge in [0.2, 0.25) is 5.91 Å². The molecule has 0 atom stereocenters. The minimum Gasteiger partial charge on any atom is -0.324 e. The molecule has 2 aromatic rings. The van der Waals surface area contributed by atoms with E-state index in [2.05, 4.69) is 5.32 Å². The Hall–Kier alpha value is -2.50. The molecule has 0 aliphatic rings. The molecule has 4 nitrogen and oxygen atoms in total. The summed E-state index contributed by atoms with van der Waals surface area (Å²) in [5, 5.41) is 11.5. The third-order valence-corrected chi connectivity index (χ3v) is 4.54. The Morgan fingerprint density at radius 3 is 2.48 bits per heavy atom. The first-order valence-electron chi connectivity index (χ1n) is 8.03. The van der Waals surface area contributed by atoms with Crippen LogP contribution in [-0.2, 0) is 17.5 Å². The molecule has 1 N–H and O–H groups in total. The zero-order valence-corrected chi connectivity index (χ0v) is 15.4. The van der Waals surface area contributed by atoms with E-state index in [0.717, 1.165) is 17.0 Å². The Balaban J connectivity index is 1.92. The van der Waals surface area contributed by atoms with Crippen molar-refractivity contribution in [3.05, 3.63) is 59.7 Å². The van der Waals surface area contributed by atoms with Crippen LogP contribution in [0.4, 0.5) is 18.9 Å². The topological polar surface area (TPSA) is 56.1 Å². The number of likely N-dealkylation sites (N-methyl/N-ethyl adjacent to an activating group) is 1. The number of rotatable bonds is 7. The number of anilines is 1. The number of carbonyl (C=O) groups is 1. The lowest BCUT2D eigenvalue weighted by Crippen LogP contribution is -2.30. The van der Waals surface area contributed by atoms with E-state index in [9.17, 15) is 18.0 Å². The first-order valence-corrected chi connectivity index (χ1v) is 9.01. The highest BCUT2D eigenvalue weighted by Gasteiger charge is 2.29. The average Bonchev–Trinajstić information content (AvgIpc) is 2.60. The molecule has 0 aliphatic heterocycles.